The van der Waals surface area contributed by atoms with Crippen molar-refractivity contribution in [2.75, 3.05) is 11.1 Å². The van der Waals surface area contributed by atoms with Gasteiger partial charge in [0.1, 0.15) is 6.20 Å². The lowest BCUT2D eigenvalue weighted by Crippen LogP contribution is -2.18. The van der Waals surface area contributed by atoms with Crippen LogP contribution in [-0.4, -0.2) is 20.4 Å². The molecule has 1 aromatic heterocycles. The molecule has 1 saturated carbocycles. The molecule has 0 amide bonds. The number of anilines is 2. The van der Waals surface area contributed by atoms with E-state index >= 15 is 0 Å². The van der Waals surface area contributed by atoms with Crippen LogP contribution in [0.15, 0.2) is 6.20 Å². The minimum absolute atomic E-state index is 0.0346. The van der Waals surface area contributed by atoms with Gasteiger partial charge in [0.2, 0.25) is 11.8 Å². The molecule has 0 aliphatic heterocycles. The van der Waals surface area contributed by atoms with E-state index in [0.29, 0.717) is 0 Å². The monoisotopic (exact) mass is 209 g/mol. The number of hydrogen-bond acceptors (Lipinski definition) is 6. The number of nitrogens with one attached hydrogen (secondary N) is 1. The molecule has 0 bridgehead atoms. The van der Waals surface area contributed by atoms with Gasteiger partial charge in [0.25, 0.3) is 0 Å². The van der Waals surface area contributed by atoms with E-state index in [-0.39, 0.29) is 23.0 Å². The molecule has 3 N–H and O–H groups in total. The first kappa shape index (κ1) is 9.63. The van der Waals surface area contributed by atoms with Crippen molar-refractivity contribution in [1.29, 1.82) is 0 Å². The second-order valence-corrected chi connectivity index (χ2v) is 3.90. The zero-order valence-electron chi connectivity index (χ0n) is 8.23. The summed E-state index contributed by atoms with van der Waals surface area (Å²) in [6, 6.07) is 0. The fraction of sp³-hybridized carbons (Fsp3) is 0.500. The van der Waals surface area contributed by atoms with E-state index in [0.717, 1.165) is 19.0 Å². The second-order valence-electron chi connectivity index (χ2n) is 3.90. The summed E-state index contributed by atoms with van der Waals surface area (Å²) in [4.78, 5) is 17.6. The van der Waals surface area contributed by atoms with Crippen LogP contribution in [-0.2, 0) is 0 Å². The smallest absolute Gasteiger partial charge is 0.329 e. The first-order chi connectivity index (χ1) is 7.00. The Bertz CT molecular complexity index is 415. The molecule has 0 spiro atoms. The van der Waals surface area contributed by atoms with Crippen LogP contribution in [0.3, 0.4) is 0 Å². The van der Waals surface area contributed by atoms with Crippen LogP contribution in [0.1, 0.15) is 19.8 Å². The molecule has 1 aliphatic carbocycles. The Morgan fingerprint density at radius 3 is 2.87 bits per heavy atom. The summed E-state index contributed by atoms with van der Waals surface area (Å²) in [5, 5.41) is 13.7. The van der Waals surface area contributed by atoms with Gasteiger partial charge in [-0.15, -0.1) is 0 Å². The number of rotatable bonds is 3. The van der Waals surface area contributed by atoms with Crippen LogP contribution < -0.4 is 11.1 Å². The van der Waals surface area contributed by atoms with Crippen LogP contribution in [0.25, 0.3) is 0 Å². The molecule has 0 atom stereocenters. The molecule has 7 heteroatoms. The highest BCUT2D eigenvalue weighted by Crippen LogP contribution is 2.39. The summed E-state index contributed by atoms with van der Waals surface area (Å²) in [6.45, 7) is 1.98. The van der Waals surface area contributed by atoms with Gasteiger partial charge in [-0.25, -0.2) is 4.98 Å². The minimum atomic E-state index is -0.520. The highest BCUT2D eigenvalue weighted by Gasteiger charge is 2.39. The van der Waals surface area contributed by atoms with Gasteiger partial charge in [0.15, 0.2) is 0 Å². The van der Waals surface area contributed by atoms with Gasteiger partial charge in [0, 0.05) is 5.54 Å². The summed E-state index contributed by atoms with van der Waals surface area (Å²) < 4.78 is 0. The highest BCUT2D eigenvalue weighted by molar-refractivity contribution is 5.58. The van der Waals surface area contributed by atoms with Crippen molar-refractivity contribution < 1.29 is 4.92 Å². The summed E-state index contributed by atoms with van der Waals surface area (Å²) in [7, 11) is 0. The SMILES string of the molecule is CC1(Nc2nc(N)ncc2[N+](=O)[O-])CC1. The van der Waals surface area contributed by atoms with E-state index in [9.17, 15) is 10.1 Å². The maximum atomic E-state index is 10.7. The molecule has 0 aromatic carbocycles. The number of aromatic nitrogens is 2. The number of nitrogens with two attached hydrogens (primary N) is 1. The van der Waals surface area contributed by atoms with Gasteiger partial charge in [0.05, 0.1) is 4.92 Å². The van der Waals surface area contributed by atoms with Crippen LogP contribution in [0.5, 0.6) is 0 Å². The van der Waals surface area contributed by atoms with E-state index in [2.05, 4.69) is 15.3 Å². The van der Waals surface area contributed by atoms with Gasteiger partial charge in [-0.2, -0.15) is 4.98 Å². The maximum Gasteiger partial charge on any atom is 0.329 e. The fourth-order valence-corrected chi connectivity index (χ4v) is 1.21. The lowest BCUT2D eigenvalue weighted by Gasteiger charge is -2.11. The second kappa shape index (κ2) is 3.04. The Morgan fingerprint density at radius 2 is 2.33 bits per heavy atom. The molecule has 2 rings (SSSR count). The summed E-state index contributed by atoms with van der Waals surface area (Å²) in [5.74, 6) is 0.236. The Morgan fingerprint density at radius 1 is 1.67 bits per heavy atom. The third-order valence-corrected chi connectivity index (χ3v) is 2.40. The normalized spacial score (nSPS) is 17.1. The van der Waals surface area contributed by atoms with E-state index in [1.165, 1.54) is 0 Å². The first-order valence-electron chi connectivity index (χ1n) is 4.55. The van der Waals surface area contributed by atoms with E-state index in [1.54, 1.807) is 0 Å². The zero-order valence-corrected chi connectivity index (χ0v) is 8.23. The van der Waals surface area contributed by atoms with Crippen LogP contribution >= 0.6 is 0 Å². The maximum absolute atomic E-state index is 10.7. The summed E-state index contributed by atoms with van der Waals surface area (Å²) in [6.07, 6.45) is 3.08. The standard InChI is InChI=1S/C8H11N5O2/c1-8(2-3-8)12-6-5(13(14)15)4-10-7(9)11-6/h4H,2-3H2,1H3,(H3,9,10,11,12). The van der Waals surface area contributed by atoms with E-state index in [4.69, 9.17) is 5.73 Å². The van der Waals surface area contributed by atoms with Crippen molar-refractivity contribution in [2.24, 2.45) is 0 Å². The van der Waals surface area contributed by atoms with Crippen molar-refractivity contribution in [3.05, 3.63) is 16.3 Å². The average Bonchev–Trinajstić information content (AvgIpc) is 2.82. The molecular weight excluding hydrogens is 198 g/mol. The van der Waals surface area contributed by atoms with Crippen molar-refractivity contribution in [1.82, 2.24) is 9.97 Å². The zero-order chi connectivity index (χ0) is 11.1. The summed E-state index contributed by atoms with van der Waals surface area (Å²) >= 11 is 0. The van der Waals surface area contributed by atoms with E-state index < -0.39 is 4.92 Å². The van der Waals surface area contributed by atoms with Crippen LogP contribution in [0.2, 0.25) is 0 Å². The number of nitro groups is 1. The molecule has 15 heavy (non-hydrogen) atoms. The average molecular weight is 209 g/mol. The third kappa shape index (κ3) is 1.95. The van der Waals surface area contributed by atoms with Crippen LogP contribution in [0, 0.1) is 10.1 Å². The molecular formula is C8H11N5O2. The fourth-order valence-electron chi connectivity index (χ4n) is 1.21. The number of nitrogens with zero attached hydrogens (tertiary/aromatic N) is 3. The Balaban J connectivity index is 2.34. The van der Waals surface area contributed by atoms with Crippen molar-refractivity contribution in [3.63, 3.8) is 0 Å². The van der Waals surface area contributed by atoms with E-state index in [1.807, 2.05) is 6.92 Å². The topological polar surface area (TPSA) is 107 Å². The quantitative estimate of drug-likeness (QED) is 0.566. The molecule has 7 nitrogen and oxygen atoms in total. The lowest BCUT2D eigenvalue weighted by atomic mass is 10.3. The molecule has 80 valence electrons. The highest BCUT2D eigenvalue weighted by atomic mass is 16.6. The molecule has 1 aliphatic rings. The minimum Gasteiger partial charge on any atom is -0.368 e. The molecule has 0 radical (unpaired) electrons. The Labute approximate surface area is 85.9 Å². The van der Waals surface area contributed by atoms with Crippen molar-refractivity contribution in [2.45, 2.75) is 25.3 Å². The van der Waals surface area contributed by atoms with Crippen molar-refractivity contribution in [3.8, 4) is 0 Å². The molecule has 1 aromatic rings. The number of hydrogen-bond donors (Lipinski definition) is 2. The Kier molecular flexibility index (Phi) is 1.95. The predicted octanol–water partition coefficient (Wildman–Crippen LogP) is 0.931. The summed E-state index contributed by atoms with van der Waals surface area (Å²) in [5.41, 5.74) is 5.16. The van der Waals surface area contributed by atoms with Gasteiger partial charge in [-0.3, -0.25) is 10.1 Å². The predicted molar refractivity (Wildman–Crippen MR) is 54.4 cm³/mol. The molecule has 0 unspecified atom stereocenters. The van der Waals surface area contributed by atoms with Gasteiger partial charge in [-0.05, 0) is 19.8 Å². The lowest BCUT2D eigenvalue weighted by molar-refractivity contribution is -0.384. The van der Waals surface area contributed by atoms with Crippen molar-refractivity contribution >= 4 is 17.5 Å². The largest absolute Gasteiger partial charge is 0.368 e. The van der Waals surface area contributed by atoms with Gasteiger partial charge >= 0.3 is 5.69 Å². The van der Waals surface area contributed by atoms with Gasteiger partial charge in [-0.1, -0.05) is 0 Å². The molecule has 0 saturated heterocycles. The first-order valence-corrected chi connectivity index (χ1v) is 4.55. The molecule has 1 fully saturated rings. The number of nitrogen functional groups attached to an aromatic ring is 1. The third-order valence-electron chi connectivity index (χ3n) is 2.40. The molecule has 1 heterocycles. The Hall–Kier alpha value is -1.92. The van der Waals surface area contributed by atoms with Gasteiger partial charge < -0.3 is 11.1 Å². The van der Waals surface area contributed by atoms with Crippen LogP contribution in [0.4, 0.5) is 17.5 Å².